The molecule has 1 amide bonds. The van der Waals surface area contributed by atoms with Crippen molar-refractivity contribution in [1.82, 2.24) is 14.9 Å². The summed E-state index contributed by atoms with van der Waals surface area (Å²) in [7, 11) is -7.36. The lowest BCUT2D eigenvalue weighted by atomic mass is 10.1. The molecule has 1 aromatic heterocycles. The van der Waals surface area contributed by atoms with Crippen LogP contribution in [0.25, 0.3) is 0 Å². The molecule has 0 aliphatic heterocycles. The minimum absolute atomic E-state index is 0.0554. The van der Waals surface area contributed by atoms with Gasteiger partial charge in [0.1, 0.15) is 0 Å². The summed E-state index contributed by atoms with van der Waals surface area (Å²) >= 11 is 0.732. The van der Waals surface area contributed by atoms with E-state index < -0.39 is 31.8 Å². The normalized spacial score (nSPS) is 13.0. The Labute approximate surface area is 184 Å². The molecule has 3 aromatic rings. The zero-order chi connectivity index (χ0) is 22.6. The van der Waals surface area contributed by atoms with E-state index in [1.54, 1.807) is 49.4 Å². The second-order valence-corrected chi connectivity index (χ2v) is 11.5. The number of sulfone groups is 1. The molecule has 0 bridgehead atoms. The number of aromatic nitrogens is 2. The molecule has 12 heteroatoms. The lowest BCUT2D eigenvalue weighted by Crippen LogP contribution is -2.28. The van der Waals surface area contributed by atoms with Crippen LogP contribution in [0.2, 0.25) is 0 Å². The summed E-state index contributed by atoms with van der Waals surface area (Å²) < 4.78 is 51.0. The lowest BCUT2D eigenvalue weighted by molar-refractivity contribution is 0.102. The highest BCUT2D eigenvalue weighted by molar-refractivity contribution is 7.91. The van der Waals surface area contributed by atoms with Crippen molar-refractivity contribution >= 4 is 42.2 Å². The number of carbonyl (C=O) groups excluding carboxylic acids is 1. The first kappa shape index (κ1) is 23.0. The number of amides is 1. The standard InChI is InChI=1S/C19H20N4O5S3/c1-3-16(13-9-11-15(12-10-13)30(2,25)26)23-31(27,28)19-22-21-18(29-19)20-17(24)14-7-5-4-6-8-14/h4-12,16,23H,3H2,1-2H3,(H,20,21,24). The number of anilines is 1. The Bertz CT molecular complexity index is 1270. The highest BCUT2D eigenvalue weighted by atomic mass is 32.2. The quantitative estimate of drug-likeness (QED) is 0.473. The van der Waals surface area contributed by atoms with Crippen LogP contribution >= 0.6 is 11.3 Å². The van der Waals surface area contributed by atoms with Gasteiger partial charge < -0.3 is 0 Å². The molecule has 1 atom stereocenters. The predicted molar refractivity (Wildman–Crippen MR) is 117 cm³/mol. The van der Waals surface area contributed by atoms with Crippen molar-refractivity contribution in [2.45, 2.75) is 28.6 Å². The summed E-state index contributed by atoms with van der Waals surface area (Å²) in [5, 5.41) is 10.0. The zero-order valence-electron chi connectivity index (χ0n) is 16.6. The van der Waals surface area contributed by atoms with Gasteiger partial charge in [0.2, 0.25) is 9.47 Å². The van der Waals surface area contributed by atoms with Crippen LogP contribution in [-0.2, 0) is 19.9 Å². The maximum absolute atomic E-state index is 12.8. The van der Waals surface area contributed by atoms with Gasteiger partial charge in [-0.3, -0.25) is 10.1 Å². The molecule has 0 aliphatic carbocycles. The minimum Gasteiger partial charge on any atom is -0.296 e. The number of sulfonamides is 1. The van der Waals surface area contributed by atoms with Crippen molar-refractivity contribution < 1.29 is 21.6 Å². The average molecular weight is 481 g/mol. The lowest BCUT2D eigenvalue weighted by Gasteiger charge is -2.16. The topological polar surface area (TPSA) is 135 Å². The summed E-state index contributed by atoms with van der Waals surface area (Å²) in [4.78, 5) is 12.3. The highest BCUT2D eigenvalue weighted by Crippen LogP contribution is 2.25. The SMILES string of the molecule is CCC(NS(=O)(=O)c1nnc(NC(=O)c2ccccc2)s1)c1ccc(S(C)(=O)=O)cc1. The molecule has 0 saturated heterocycles. The molecule has 0 aliphatic rings. The van der Waals surface area contributed by atoms with Crippen LogP contribution in [0.1, 0.15) is 35.3 Å². The Balaban J connectivity index is 1.74. The van der Waals surface area contributed by atoms with Crippen LogP contribution in [0.3, 0.4) is 0 Å². The van der Waals surface area contributed by atoms with Crippen molar-refractivity contribution in [2.75, 3.05) is 11.6 Å². The van der Waals surface area contributed by atoms with E-state index in [9.17, 15) is 21.6 Å². The molecule has 9 nitrogen and oxygen atoms in total. The Morgan fingerprint density at radius 2 is 1.65 bits per heavy atom. The molecule has 31 heavy (non-hydrogen) atoms. The summed E-state index contributed by atoms with van der Waals surface area (Å²) in [5.41, 5.74) is 1.02. The molecule has 3 rings (SSSR count). The van der Waals surface area contributed by atoms with Gasteiger partial charge in [-0.15, -0.1) is 10.2 Å². The van der Waals surface area contributed by atoms with Crippen molar-refractivity contribution in [2.24, 2.45) is 0 Å². The molecule has 164 valence electrons. The second-order valence-electron chi connectivity index (χ2n) is 6.62. The van der Waals surface area contributed by atoms with E-state index in [0.717, 1.165) is 17.6 Å². The minimum atomic E-state index is -4.01. The van der Waals surface area contributed by atoms with Crippen LogP contribution < -0.4 is 10.0 Å². The Morgan fingerprint density at radius 3 is 2.23 bits per heavy atom. The number of carbonyl (C=O) groups is 1. The Hall–Kier alpha value is -2.67. The molecule has 0 saturated carbocycles. The van der Waals surface area contributed by atoms with E-state index in [0.29, 0.717) is 17.5 Å². The molecule has 0 spiro atoms. The third kappa shape index (κ3) is 5.73. The largest absolute Gasteiger partial charge is 0.296 e. The van der Waals surface area contributed by atoms with Gasteiger partial charge in [-0.2, -0.15) is 0 Å². The monoisotopic (exact) mass is 480 g/mol. The number of nitrogens with one attached hydrogen (secondary N) is 2. The van der Waals surface area contributed by atoms with Gasteiger partial charge in [-0.05, 0) is 36.2 Å². The van der Waals surface area contributed by atoms with Crippen LogP contribution in [0.15, 0.2) is 63.8 Å². The summed E-state index contributed by atoms with van der Waals surface area (Å²) in [6.07, 6.45) is 1.53. The Kier molecular flexibility index (Phi) is 6.84. The van der Waals surface area contributed by atoms with Crippen LogP contribution in [-0.4, -0.2) is 39.2 Å². The molecule has 2 N–H and O–H groups in total. The van der Waals surface area contributed by atoms with Crippen molar-refractivity contribution in [3.8, 4) is 0 Å². The highest BCUT2D eigenvalue weighted by Gasteiger charge is 2.25. The first-order valence-electron chi connectivity index (χ1n) is 9.12. The van der Waals surface area contributed by atoms with Crippen LogP contribution in [0.5, 0.6) is 0 Å². The van der Waals surface area contributed by atoms with Gasteiger partial charge in [0.05, 0.1) is 4.90 Å². The molecule has 2 aromatic carbocycles. The second kappa shape index (κ2) is 9.22. The number of hydrogen-bond acceptors (Lipinski definition) is 8. The first-order valence-corrected chi connectivity index (χ1v) is 13.3. The molecule has 1 heterocycles. The van der Waals surface area contributed by atoms with E-state index >= 15 is 0 Å². The first-order chi connectivity index (χ1) is 14.6. The molecule has 1 unspecified atom stereocenters. The zero-order valence-corrected chi connectivity index (χ0v) is 19.1. The van der Waals surface area contributed by atoms with Gasteiger partial charge in [-0.25, -0.2) is 21.6 Å². The predicted octanol–water partition coefficient (Wildman–Crippen LogP) is 2.62. The maximum Gasteiger partial charge on any atom is 0.270 e. The van der Waals surface area contributed by atoms with Gasteiger partial charge in [0.15, 0.2) is 9.84 Å². The fraction of sp³-hybridized carbons (Fsp3) is 0.211. The number of rotatable bonds is 8. The average Bonchev–Trinajstić information content (AvgIpc) is 3.21. The van der Waals surface area contributed by atoms with Gasteiger partial charge in [-0.1, -0.05) is 48.6 Å². The molecule has 0 radical (unpaired) electrons. The van der Waals surface area contributed by atoms with E-state index in [-0.39, 0.29) is 14.4 Å². The van der Waals surface area contributed by atoms with Crippen LogP contribution in [0.4, 0.5) is 5.13 Å². The van der Waals surface area contributed by atoms with Gasteiger partial charge >= 0.3 is 0 Å². The number of nitrogens with zero attached hydrogens (tertiary/aromatic N) is 2. The maximum atomic E-state index is 12.8. The molecular formula is C19H20N4O5S3. The molecule has 0 fully saturated rings. The van der Waals surface area contributed by atoms with E-state index in [1.807, 2.05) is 0 Å². The van der Waals surface area contributed by atoms with Crippen molar-refractivity contribution in [3.05, 3.63) is 65.7 Å². The number of benzene rings is 2. The van der Waals surface area contributed by atoms with Gasteiger partial charge in [0, 0.05) is 17.9 Å². The van der Waals surface area contributed by atoms with Gasteiger partial charge in [0.25, 0.3) is 15.9 Å². The smallest absolute Gasteiger partial charge is 0.270 e. The Morgan fingerprint density at radius 1 is 1.00 bits per heavy atom. The molecular weight excluding hydrogens is 460 g/mol. The fourth-order valence-corrected chi connectivity index (χ4v) is 5.55. The summed E-state index contributed by atoms with van der Waals surface area (Å²) in [6.45, 7) is 1.79. The fourth-order valence-electron chi connectivity index (χ4n) is 2.70. The van der Waals surface area contributed by atoms with E-state index in [1.165, 1.54) is 12.1 Å². The number of hydrogen-bond donors (Lipinski definition) is 2. The van der Waals surface area contributed by atoms with Crippen LogP contribution in [0, 0.1) is 0 Å². The van der Waals surface area contributed by atoms with Crippen molar-refractivity contribution in [1.29, 1.82) is 0 Å². The third-order valence-corrected chi connectivity index (χ3v) is 8.12. The summed E-state index contributed by atoms with van der Waals surface area (Å²) in [6, 6.07) is 13.9. The third-order valence-electron chi connectivity index (χ3n) is 4.31. The van der Waals surface area contributed by atoms with E-state index in [2.05, 4.69) is 20.2 Å². The van der Waals surface area contributed by atoms with Crippen molar-refractivity contribution in [3.63, 3.8) is 0 Å². The van der Waals surface area contributed by atoms with E-state index in [4.69, 9.17) is 0 Å². The summed E-state index contributed by atoms with van der Waals surface area (Å²) in [5.74, 6) is -0.425.